The Morgan fingerprint density at radius 3 is 2.76 bits per heavy atom. The molecule has 0 aliphatic rings. The van der Waals surface area contributed by atoms with E-state index in [-0.39, 0.29) is 0 Å². The van der Waals surface area contributed by atoms with E-state index in [2.05, 4.69) is 17.2 Å². The smallest absolute Gasteiger partial charge is 0.120 e. The number of benzene rings is 1. The lowest BCUT2D eigenvalue weighted by atomic mass is 10.3. The normalized spacial score (nSPS) is 10.6. The first kappa shape index (κ1) is 12.2. The van der Waals surface area contributed by atoms with Crippen molar-refractivity contribution < 1.29 is 0 Å². The summed E-state index contributed by atoms with van der Waals surface area (Å²) >= 11 is 1.83. The maximum absolute atomic E-state index is 4.13. The molecule has 0 spiro atoms. The Kier molecular flexibility index (Phi) is 4.62. The zero-order chi connectivity index (χ0) is 11.9. The van der Waals surface area contributed by atoms with Crippen LogP contribution in [0.25, 0.3) is 5.69 Å². The molecule has 2 aromatic rings. The first-order valence-electron chi connectivity index (χ1n) is 6.00. The van der Waals surface area contributed by atoms with Gasteiger partial charge in [-0.1, -0.05) is 43.2 Å². The fourth-order valence-corrected chi connectivity index (χ4v) is 2.54. The third-order valence-electron chi connectivity index (χ3n) is 2.52. The fourth-order valence-electron chi connectivity index (χ4n) is 1.60. The molecule has 17 heavy (non-hydrogen) atoms. The summed E-state index contributed by atoms with van der Waals surface area (Å²) in [6, 6.07) is 10.1. The number of para-hydroxylation sites is 1. The molecule has 4 heteroatoms. The van der Waals surface area contributed by atoms with Crippen molar-refractivity contribution in [2.45, 2.75) is 31.2 Å². The van der Waals surface area contributed by atoms with Gasteiger partial charge in [-0.25, -0.2) is 4.68 Å². The van der Waals surface area contributed by atoms with E-state index in [1.807, 2.05) is 53.0 Å². The van der Waals surface area contributed by atoms with Crippen LogP contribution in [0.3, 0.4) is 0 Å². The van der Waals surface area contributed by atoms with Crippen molar-refractivity contribution in [1.29, 1.82) is 0 Å². The molecule has 0 fully saturated rings. The van der Waals surface area contributed by atoms with Crippen molar-refractivity contribution in [1.82, 2.24) is 15.0 Å². The number of rotatable bonds is 6. The van der Waals surface area contributed by atoms with E-state index in [4.69, 9.17) is 0 Å². The predicted octanol–water partition coefficient (Wildman–Crippen LogP) is 3.55. The van der Waals surface area contributed by atoms with Gasteiger partial charge in [-0.05, 0) is 24.3 Å². The number of thioether (sulfide) groups is 1. The van der Waals surface area contributed by atoms with Gasteiger partial charge < -0.3 is 0 Å². The molecular weight excluding hydrogens is 230 g/mol. The molecule has 0 bridgehead atoms. The molecule has 0 N–H and O–H groups in total. The second-order valence-electron chi connectivity index (χ2n) is 3.88. The maximum atomic E-state index is 4.13. The monoisotopic (exact) mass is 247 g/mol. The second-order valence-corrected chi connectivity index (χ2v) is 4.99. The molecule has 0 saturated carbocycles. The Morgan fingerprint density at radius 2 is 2.00 bits per heavy atom. The number of hydrogen-bond donors (Lipinski definition) is 0. The number of unbranched alkanes of at least 4 members (excludes halogenated alkanes) is 2. The highest BCUT2D eigenvalue weighted by Gasteiger charge is 2.05. The summed E-state index contributed by atoms with van der Waals surface area (Å²) < 4.78 is 1.90. The lowest BCUT2D eigenvalue weighted by Gasteiger charge is -2.05. The van der Waals surface area contributed by atoms with Crippen molar-refractivity contribution in [3.8, 4) is 5.69 Å². The Bertz CT molecular complexity index is 439. The molecule has 3 nitrogen and oxygen atoms in total. The Labute approximate surface area is 106 Å². The molecule has 0 unspecified atom stereocenters. The summed E-state index contributed by atoms with van der Waals surface area (Å²) in [4.78, 5) is 0. The van der Waals surface area contributed by atoms with Crippen LogP contribution in [-0.4, -0.2) is 20.7 Å². The largest absolute Gasteiger partial charge is 0.207 e. The fraction of sp³-hybridized carbons (Fsp3) is 0.385. The van der Waals surface area contributed by atoms with Gasteiger partial charge in [0.25, 0.3) is 0 Å². The number of aromatic nitrogens is 3. The quantitative estimate of drug-likeness (QED) is 0.577. The average Bonchev–Trinajstić information content (AvgIpc) is 2.84. The van der Waals surface area contributed by atoms with Crippen LogP contribution in [0.4, 0.5) is 0 Å². The van der Waals surface area contributed by atoms with Gasteiger partial charge in [0.15, 0.2) is 0 Å². The summed E-state index contributed by atoms with van der Waals surface area (Å²) in [5.41, 5.74) is 1.07. The molecule has 90 valence electrons. The molecule has 1 aromatic carbocycles. The number of hydrogen-bond acceptors (Lipinski definition) is 3. The Hall–Kier alpha value is -1.29. The molecule has 1 heterocycles. The van der Waals surface area contributed by atoms with Gasteiger partial charge in [0.05, 0.1) is 11.9 Å². The first-order valence-corrected chi connectivity index (χ1v) is 6.99. The van der Waals surface area contributed by atoms with E-state index in [0.29, 0.717) is 0 Å². The minimum Gasteiger partial charge on any atom is -0.207 e. The van der Waals surface area contributed by atoms with E-state index in [9.17, 15) is 0 Å². The molecule has 0 saturated heterocycles. The maximum Gasteiger partial charge on any atom is 0.120 e. The van der Waals surface area contributed by atoms with Crippen LogP contribution in [0.2, 0.25) is 0 Å². The summed E-state index contributed by atoms with van der Waals surface area (Å²) in [5, 5.41) is 9.24. The van der Waals surface area contributed by atoms with Crippen molar-refractivity contribution in [3.63, 3.8) is 0 Å². The van der Waals surface area contributed by atoms with Gasteiger partial charge in [-0.3, -0.25) is 0 Å². The van der Waals surface area contributed by atoms with E-state index in [1.165, 1.54) is 19.3 Å². The van der Waals surface area contributed by atoms with Gasteiger partial charge in [0, 0.05) is 0 Å². The van der Waals surface area contributed by atoms with Crippen LogP contribution < -0.4 is 0 Å². The second kappa shape index (κ2) is 6.45. The van der Waals surface area contributed by atoms with Gasteiger partial charge in [-0.2, -0.15) is 0 Å². The lowest BCUT2D eigenvalue weighted by molar-refractivity contribution is 0.751. The highest BCUT2D eigenvalue weighted by Crippen LogP contribution is 2.21. The summed E-state index contributed by atoms with van der Waals surface area (Å²) in [7, 11) is 0. The predicted molar refractivity (Wildman–Crippen MR) is 71.6 cm³/mol. The standard InChI is InChI=1S/C13H17N3S/c1-2-3-7-10-17-13-11-14-15-16(13)12-8-5-4-6-9-12/h4-6,8-9,11H,2-3,7,10H2,1H3. The molecule has 0 aliphatic heterocycles. The van der Waals surface area contributed by atoms with Gasteiger partial charge in [-0.15, -0.1) is 16.9 Å². The summed E-state index contributed by atoms with van der Waals surface area (Å²) in [6.07, 6.45) is 5.64. The average molecular weight is 247 g/mol. The van der Waals surface area contributed by atoms with E-state index >= 15 is 0 Å². The lowest BCUT2D eigenvalue weighted by Crippen LogP contribution is -1.98. The summed E-state index contributed by atoms with van der Waals surface area (Å²) in [5.74, 6) is 1.13. The Morgan fingerprint density at radius 1 is 1.18 bits per heavy atom. The molecule has 1 aromatic heterocycles. The van der Waals surface area contributed by atoms with E-state index in [1.54, 1.807) is 0 Å². The third kappa shape index (κ3) is 3.33. The zero-order valence-corrected chi connectivity index (χ0v) is 10.9. The van der Waals surface area contributed by atoms with Crippen LogP contribution in [-0.2, 0) is 0 Å². The first-order chi connectivity index (χ1) is 8.42. The van der Waals surface area contributed by atoms with Crippen LogP contribution in [0.15, 0.2) is 41.6 Å². The molecule has 0 aliphatic carbocycles. The molecular formula is C13H17N3S. The highest BCUT2D eigenvalue weighted by molar-refractivity contribution is 7.99. The minimum absolute atomic E-state index is 1.07. The molecule has 2 rings (SSSR count). The van der Waals surface area contributed by atoms with Crippen molar-refractivity contribution in [2.75, 3.05) is 5.75 Å². The number of nitrogens with zero attached hydrogens (tertiary/aromatic N) is 3. The van der Waals surface area contributed by atoms with Gasteiger partial charge in [0.2, 0.25) is 0 Å². The SMILES string of the molecule is CCCCCSc1cnnn1-c1ccccc1. The van der Waals surface area contributed by atoms with E-state index in [0.717, 1.165) is 16.5 Å². The van der Waals surface area contributed by atoms with Crippen LogP contribution in [0.5, 0.6) is 0 Å². The van der Waals surface area contributed by atoms with Crippen LogP contribution >= 0.6 is 11.8 Å². The summed E-state index contributed by atoms with van der Waals surface area (Å²) in [6.45, 7) is 2.22. The zero-order valence-electron chi connectivity index (χ0n) is 10.0. The topological polar surface area (TPSA) is 30.7 Å². The third-order valence-corrected chi connectivity index (χ3v) is 3.58. The molecule has 0 amide bonds. The minimum atomic E-state index is 1.07. The Balaban J connectivity index is 2.02. The molecule has 0 atom stereocenters. The van der Waals surface area contributed by atoms with Crippen molar-refractivity contribution >= 4 is 11.8 Å². The van der Waals surface area contributed by atoms with Crippen LogP contribution in [0, 0.1) is 0 Å². The van der Waals surface area contributed by atoms with Gasteiger partial charge in [0.1, 0.15) is 5.03 Å². The highest BCUT2D eigenvalue weighted by atomic mass is 32.2. The van der Waals surface area contributed by atoms with Crippen LogP contribution in [0.1, 0.15) is 26.2 Å². The van der Waals surface area contributed by atoms with Gasteiger partial charge >= 0.3 is 0 Å². The van der Waals surface area contributed by atoms with E-state index < -0.39 is 0 Å². The van der Waals surface area contributed by atoms with Crippen molar-refractivity contribution in [2.24, 2.45) is 0 Å². The van der Waals surface area contributed by atoms with Crippen molar-refractivity contribution in [3.05, 3.63) is 36.5 Å². The molecule has 0 radical (unpaired) electrons.